The average Bonchev–Trinajstić information content (AvgIpc) is 2.68. The predicted molar refractivity (Wildman–Crippen MR) is 98.8 cm³/mol. The molecule has 0 amide bonds. The van der Waals surface area contributed by atoms with Crippen LogP contribution in [0.15, 0.2) is 48.7 Å². The second kappa shape index (κ2) is 7.46. The number of benzene rings is 1. The van der Waals surface area contributed by atoms with E-state index in [-0.39, 0.29) is 6.04 Å². The zero-order valence-electron chi connectivity index (χ0n) is 14.6. The van der Waals surface area contributed by atoms with Crippen molar-refractivity contribution in [2.45, 2.75) is 25.3 Å². The van der Waals surface area contributed by atoms with Gasteiger partial charge in [0, 0.05) is 56.6 Å². The molecule has 1 aromatic carbocycles. The van der Waals surface area contributed by atoms with Crippen LogP contribution < -0.4 is 0 Å². The number of ketones is 1. The van der Waals surface area contributed by atoms with Gasteiger partial charge in [-0.05, 0) is 30.5 Å². The lowest BCUT2D eigenvalue weighted by Crippen LogP contribution is -2.53. The Hall–Kier alpha value is -2.04. The molecule has 25 heavy (non-hydrogen) atoms. The molecule has 1 aliphatic carbocycles. The number of rotatable bonds is 4. The molecular weight excluding hydrogens is 310 g/mol. The molecule has 1 aromatic heterocycles. The van der Waals surface area contributed by atoms with Gasteiger partial charge in [-0.3, -0.25) is 14.7 Å². The summed E-state index contributed by atoms with van der Waals surface area (Å²) in [5, 5.41) is 0. The number of hydrogen-bond acceptors (Lipinski definition) is 4. The maximum absolute atomic E-state index is 12.8. The molecule has 4 rings (SSSR count). The van der Waals surface area contributed by atoms with Gasteiger partial charge in [0.2, 0.25) is 0 Å². The number of fused-ring (bicyclic) bond motifs is 1. The minimum Gasteiger partial charge on any atom is -0.300 e. The van der Waals surface area contributed by atoms with E-state index in [4.69, 9.17) is 0 Å². The number of hydrogen-bond donors (Lipinski definition) is 0. The fraction of sp³-hybridized carbons (Fsp3) is 0.429. The van der Waals surface area contributed by atoms with Gasteiger partial charge in [0.25, 0.3) is 0 Å². The zero-order valence-corrected chi connectivity index (χ0v) is 14.6. The van der Waals surface area contributed by atoms with Gasteiger partial charge in [0.15, 0.2) is 5.78 Å². The number of carbonyl (C=O) groups is 1. The number of carbonyl (C=O) groups excluding carboxylic acids is 1. The minimum absolute atomic E-state index is 0.0767. The summed E-state index contributed by atoms with van der Waals surface area (Å²) in [6.45, 7) is 5.10. The minimum atomic E-state index is 0.0767. The van der Waals surface area contributed by atoms with E-state index < -0.39 is 0 Å². The standard InChI is InChI=1S/C21H25N3O/c25-21-19-7-2-1-5-17(19)8-9-20(21)24-15-13-23(14-16-24)12-10-18-6-3-4-11-22-18/h1-7,11,20H,8-10,12-16H2. The van der Waals surface area contributed by atoms with Crippen molar-refractivity contribution in [3.05, 3.63) is 65.5 Å². The summed E-state index contributed by atoms with van der Waals surface area (Å²) in [5.41, 5.74) is 3.32. The Labute approximate surface area is 149 Å². The van der Waals surface area contributed by atoms with Crippen molar-refractivity contribution >= 4 is 5.78 Å². The van der Waals surface area contributed by atoms with Gasteiger partial charge < -0.3 is 4.90 Å². The third kappa shape index (κ3) is 3.65. The summed E-state index contributed by atoms with van der Waals surface area (Å²) < 4.78 is 0. The van der Waals surface area contributed by atoms with Crippen LogP contribution in [0.1, 0.15) is 28.0 Å². The monoisotopic (exact) mass is 335 g/mol. The fourth-order valence-corrected chi connectivity index (χ4v) is 4.05. The molecule has 0 saturated carbocycles. The fourth-order valence-electron chi connectivity index (χ4n) is 4.05. The molecule has 0 radical (unpaired) electrons. The molecule has 130 valence electrons. The van der Waals surface area contributed by atoms with Crippen LogP contribution in [-0.4, -0.2) is 59.3 Å². The highest BCUT2D eigenvalue weighted by molar-refractivity contribution is 6.02. The van der Waals surface area contributed by atoms with E-state index >= 15 is 0 Å². The van der Waals surface area contributed by atoms with Crippen LogP contribution in [0.5, 0.6) is 0 Å². The van der Waals surface area contributed by atoms with Gasteiger partial charge in [-0.2, -0.15) is 0 Å². The second-order valence-electron chi connectivity index (χ2n) is 7.02. The quantitative estimate of drug-likeness (QED) is 0.860. The van der Waals surface area contributed by atoms with Crippen molar-refractivity contribution in [2.24, 2.45) is 0 Å². The maximum Gasteiger partial charge on any atom is 0.180 e. The third-order valence-electron chi connectivity index (χ3n) is 5.53. The van der Waals surface area contributed by atoms with Crippen LogP contribution in [0, 0.1) is 0 Å². The SMILES string of the molecule is O=C1c2ccccc2CCC1N1CCN(CCc2ccccn2)CC1. The maximum atomic E-state index is 12.8. The number of piperazine rings is 1. The molecular formula is C21H25N3O. The first-order valence-electron chi connectivity index (χ1n) is 9.30. The van der Waals surface area contributed by atoms with Crippen LogP contribution >= 0.6 is 0 Å². The summed E-state index contributed by atoms with van der Waals surface area (Å²) in [6, 6.07) is 14.3. The first-order chi connectivity index (χ1) is 12.3. The molecule has 4 nitrogen and oxygen atoms in total. The van der Waals surface area contributed by atoms with E-state index in [1.807, 2.05) is 36.5 Å². The van der Waals surface area contributed by atoms with E-state index in [9.17, 15) is 4.79 Å². The highest BCUT2D eigenvalue weighted by Gasteiger charge is 2.33. The Morgan fingerprint density at radius 1 is 1.00 bits per heavy atom. The summed E-state index contributed by atoms with van der Waals surface area (Å²) in [4.78, 5) is 22.1. The molecule has 1 aliphatic heterocycles. The van der Waals surface area contributed by atoms with E-state index in [1.54, 1.807) is 0 Å². The van der Waals surface area contributed by atoms with Gasteiger partial charge in [-0.25, -0.2) is 0 Å². The summed E-state index contributed by atoms with van der Waals surface area (Å²) in [6.07, 6.45) is 4.84. The molecule has 2 aliphatic rings. The molecule has 4 heteroatoms. The molecule has 1 atom stereocenters. The smallest absolute Gasteiger partial charge is 0.180 e. The van der Waals surface area contributed by atoms with Crippen molar-refractivity contribution in [2.75, 3.05) is 32.7 Å². The number of pyridine rings is 1. The van der Waals surface area contributed by atoms with Crippen LogP contribution in [0.2, 0.25) is 0 Å². The van der Waals surface area contributed by atoms with Crippen molar-refractivity contribution in [3.63, 3.8) is 0 Å². The lowest BCUT2D eigenvalue weighted by Gasteiger charge is -2.40. The largest absolute Gasteiger partial charge is 0.300 e. The molecule has 2 aromatic rings. The Morgan fingerprint density at radius 3 is 2.60 bits per heavy atom. The number of aryl methyl sites for hydroxylation is 1. The highest BCUT2D eigenvalue weighted by atomic mass is 16.1. The van der Waals surface area contributed by atoms with Gasteiger partial charge in [-0.1, -0.05) is 30.3 Å². The van der Waals surface area contributed by atoms with Crippen LogP contribution in [0.3, 0.4) is 0 Å². The molecule has 1 unspecified atom stereocenters. The van der Waals surface area contributed by atoms with Crippen molar-refractivity contribution < 1.29 is 4.79 Å². The number of nitrogens with zero attached hydrogens (tertiary/aromatic N) is 3. The van der Waals surface area contributed by atoms with E-state index in [2.05, 4.69) is 26.9 Å². The molecule has 0 spiro atoms. The Kier molecular flexibility index (Phi) is 4.90. The lowest BCUT2D eigenvalue weighted by molar-refractivity contribution is 0.0633. The number of aromatic nitrogens is 1. The second-order valence-corrected chi connectivity index (χ2v) is 7.02. The molecule has 0 N–H and O–H groups in total. The Bertz CT molecular complexity index is 723. The van der Waals surface area contributed by atoms with Crippen LogP contribution in [-0.2, 0) is 12.8 Å². The van der Waals surface area contributed by atoms with Gasteiger partial charge in [0.05, 0.1) is 6.04 Å². The van der Waals surface area contributed by atoms with Crippen molar-refractivity contribution in [1.29, 1.82) is 0 Å². The van der Waals surface area contributed by atoms with E-state index in [1.165, 1.54) is 5.56 Å². The summed E-state index contributed by atoms with van der Waals surface area (Å²) in [5.74, 6) is 0.323. The van der Waals surface area contributed by atoms with Crippen LogP contribution in [0.4, 0.5) is 0 Å². The summed E-state index contributed by atoms with van der Waals surface area (Å²) in [7, 11) is 0. The van der Waals surface area contributed by atoms with Gasteiger partial charge in [0.1, 0.15) is 0 Å². The first-order valence-corrected chi connectivity index (χ1v) is 9.30. The van der Waals surface area contributed by atoms with E-state index in [0.29, 0.717) is 5.78 Å². The van der Waals surface area contributed by atoms with Crippen LogP contribution in [0.25, 0.3) is 0 Å². The van der Waals surface area contributed by atoms with Gasteiger partial charge in [-0.15, -0.1) is 0 Å². The molecule has 1 saturated heterocycles. The van der Waals surface area contributed by atoms with E-state index in [0.717, 1.165) is 63.2 Å². The Morgan fingerprint density at radius 2 is 1.80 bits per heavy atom. The third-order valence-corrected chi connectivity index (χ3v) is 5.53. The van der Waals surface area contributed by atoms with Crippen molar-refractivity contribution in [1.82, 2.24) is 14.8 Å². The summed E-state index contributed by atoms with van der Waals surface area (Å²) >= 11 is 0. The van der Waals surface area contributed by atoms with Gasteiger partial charge >= 0.3 is 0 Å². The predicted octanol–water partition coefficient (Wildman–Crippen LogP) is 2.44. The first kappa shape index (κ1) is 16.4. The molecule has 0 bridgehead atoms. The normalized spacial score (nSPS) is 21.9. The average molecular weight is 335 g/mol. The molecule has 2 heterocycles. The zero-order chi connectivity index (χ0) is 17.1. The van der Waals surface area contributed by atoms with Crippen molar-refractivity contribution in [3.8, 4) is 0 Å². The lowest BCUT2D eigenvalue weighted by atomic mass is 9.86. The topological polar surface area (TPSA) is 36.4 Å². The highest BCUT2D eigenvalue weighted by Crippen LogP contribution is 2.25. The number of Topliss-reactive ketones (excluding diaryl/α,β-unsaturated/α-hetero) is 1. The Balaban J connectivity index is 1.31. The molecule has 1 fully saturated rings.